The Kier molecular flexibility index (Phi) is 3.35. The first-order chi connectivity index (χ1) is 10.1. The first-order valence-electron chi connectivity index (χ1n) is 6.74. The van der Waals surface area contributed by atoms with Gasteiger partial charge in [0.15, 0.2) is 0 Å². The zero-order valence-corrected chi connectivity index (χ0v) is 11.8. The zero-order chi connectivity index (χ0) is 15.0. The molecule has 21 heavy (non-hydrogen) atoms. The molecule has 0 aliphatic carbocycles. The molecule has 0 amide bonds. The fourth-order valence-electron chi connectivity index (χ4n) is 2.60. The number of hydrogen-bond donors (Lipinski definition) is 3. The molecule has 0 saturated carbocycles. The van der Waals surface area contributed by atoms with E-state index in [0.717, 1.165) is 22.2 Å². The van der Waals surface area contributed by atoms with Crippen LogP contribution in [-0.2, 0) is 0 Å². The number of halogens is 1. The van der Waals surface area contributed by atoms with Crippen LogP contribution in [0.25, 0.3) is 11.0 Å². The second kappa shape index (κ2) is 5.18. The fraction of sp³-hybridized carbons (Fsp3) is 0.188. The third-order valence-corrected chi connectivity index (χ3v) is 3.68. The van der Waals surface area contributed by atoms with E-state index < -0.39 is 0 Å². The number of aromatic amines is 2. The van der Waals surface area contributed by atoms with Gasteiger partial charge in [-0.2, -0.15) is 0 Å². The van der Waals surface area contributed by atoms with Crippen LogP contribution < -0.4 is 11.0 Å². The summed E-state index contributed by atoms with van der Waals surface area (Å²) in [4.78, 5) is 16.8. The van der Waals surface area contributed by atoms with Crippen LogP contribution in [0.3, 0.4) is 0 Å². The summed E-state index contributed by atoms with van der Waals surface area (Å²) >= 11 is 0. The van der Waals surface area contributed by atoms with Gasteiger partial charge in [0, 0.05) is 0 Å². The van der Waals surface area contributed by atoms with Gasteiger partial charge in [0.25, 0.3) is 0 Å². The molecule has 1 heterocycles. The highest BCUT2D eigenvalue weighted by Gasteiger charge is 2.14. The molecule has 3 N–H and O–H groups in total. The third kappa shape index (κ3) is 2.48. The first kappa shape index (κ1) is 13.6. The van der Waals surface area contributed by atoms with Crippen LogP contribution in [0, 0.1) is 12.7 Å². The summed E-state index contributed by atoms with van der Waals surface area (Å²) in [5.41, 5.74) is 3.91. The van der Waals surface area contributed by atoms with E-state index in [1.165, 1.54) is 6.07 Å². The van der Waals surface area contributed by atoms with Crippen molar-refractivity contribution in [1.29, 1.82) is 0 Å². The molecular formula is C16H16FN3O. The van der Waals surface area contributed by atoms with E-state index >= 15 is 0 Å². The number of aryl methyl sites for hydroxylation is 1. The predicted octanol–water partition coefficient (Wildman–Crippen LogP) is 2.61. The van der Waals surface area contributed by atoms with Crippen molar-refractivity contribution in [3.63, 3.8) is 0 Å². The Morgan fingerprint density at radius 2 is 1.71 bits per heavy atom. The molecule has 0 radical (unpaired) electrons. The average Bonchev–Trinajstić information content (AvgIpc) is 2.83. The Labute approximate surface area is 121 Å². The minimum atomic E-state index is -0.221. The lowest BCUT2D eigenvalue weighted by Gasteiger charge is -2.18. The molecule has 1 atom stereocenters. The Morgan fingerprint density at radius 1 is 1.05 bits per heavy atom. The van der Waals surface area contributed by atoms with Crippen molar-refractivity contribution in [2.45, 2.75) is 13.0 Å². The van der Waals surface area contributed by atoms with Gasteiger partial charge in [0.1, 0.15) is 5.82 Å². The van der Waals surface area contributed by atoms with Crippen LogP contribution in [-0.4, -0.2) is 17.0 Å². The summed E-state index contributed by atoms with van der Waals surface area (Å²) in [6.45, 7) is 1.75. The number of rotatable bonds is 3. The lowest BCUT2D eigenvalue weighted by atomic mass is 9.97. The normalized spacial score (nSPS) is 12.7. The van der Waals surface area contributed by atoms with E-state index in [1.54, 1.807) is 13.0 Å². The maximum absolute atomic E-state index is 13.4. The molecule has 5 heteroatoms. The van der Waals surface area contributed by atoms with E-state index in [1.807, 2.05) is 31.3 Å². The highest BCUT2D eigenvalue weighted by atomic mass is 19.1. The summed E-state index contributed by atoms with van der Waals surface area (Å²) < 4.78 is 13.4. The molecule has 0 aliphatic heterocycles. The lowest BCUT2D eigenvalue weighted by molar-refractivity contribution is 0.614. The first-order valence-corrected chi connectivity index (χ1v) is 6.74. The number of nitrogens with one attached hydrogen (secondary N) is 3. The summed E-state index contributed by atoms with van der Waals surface area (Å²) in [7, 11) is 1.85. The number of imidazole rings is 1. The van der Waals surface area contributed by atoms with Crippen LogP contribution >= 0.6 is 0 Å². The smallest absolute Gasteiger partial charge is 0.309 e. The molecule has 3 rings (SSSR count). The van der Waals surface area contributed by atoms with Crippen LogP contribution in [0.15, 0.2) is 41.2 Å². The van der Waals surface area contributed by atoms with Gasteiger partial charge in [-0.1, -0.05) is 18.2 Å². The second-order valence-corrected chi connectivity index (χ2v) is 5.11. The van der Waals surface area contributed by atoms with Crippen LogP contribution in [0.4, 0.5) is 4.39 Å². The van der Waals surface area contributed by atoms with Crippen molar-refractivity contribution in [2.24, 2.45) is 0 Å². The second-order valence-electron chi connectivity index (χ2n) is 5.11. The summed E-state index contributed by atoms with van der Waals surface area (Å²) in [5, 5.41) is 3.23. The Balaban J connectivity index is 2.08. The molecule has 3 aromatic rings. The largest absolute Gasteiger partial charge is 0.323 e. The Bertz CT molecular complexity index is 850. The molecule has 0 bridgehead atoms. The summed E-state index contributed by atoms with van der Waals surface area (Å²) in [6, 6.07) is 10.8. The van der Waals surface area contributed by atoms with E-state index in [2.05, 4.69) is 15.3 Å². The standard InChI is InChI=1S/C16H16FN3O/c1-9-7-10(3-5-12(9)17)15(18-2)11-4-6-13-14(8-11)20-16(21)19-13/h3-8,15,18H,1-2H3,(H2,19,20,21). The number of H-pyrrole nitrogens is 2. The monoisotopic (exact) mass is 285 g/mol. The topological polar surface area (TPSA) is 60.7 Å². The van der Waals surface area contributed by atoms with Crippen molar-refractivity contribution in [3.8, 4) is 0 Å². The van der Waals surface area contributed by atoms with Crippen LogP contribution in [0.1, 0.15) is 22.7 Å². The highest BCUT2D eigenvalue weighted by Crippen LogP contribution is 2.25. The van der Waals surface area contributed by atoms with E-state index in [9.17, 15) is 9.18 Å². The van der Waals surface area contributed by atoms with E-state index in [0.29, 0.717) is 5.56 Å². The van der Waals surface area contributed by atoms with Crippen molar-refractivity contribution in [2.75, 3.05) is 7.05 Å². The lowest BCUT2D eigenvalue weighted by Crippen LogP contribution is -2.17. The van der Waals surface area contributed by atoms with Crippen LogP contribution in [0.2, 0.25) is 0 Å². The van der Waals surface area contributed by atoms with Gasteiger partial charge < -0.3 is 15.3 Å². The molecule has 0 saturated heterocycles. The van der Waals surface area contributed by atoms with Crippen molar-refractivity contribution in [3.05, 3.63) is 69.4 Å². The van der Waals surface area contributed by atoms with Gasteiger partial charge in [0.2, 0.25) is 0 Å². The number of benzene rings is 2. The predicted molar refractivity (Wildman–Crippen MR) is 81.0 cm³/mol. The maximum Gasteiger partial charge on any atom is 0.323 e. The SMILES string of the molecule is CNC(c1ccc(F)c(C)c1)c1ccc2[nH]c(=O)[nH]c2c1. The Hall–Kier alpha value is -2.40. The minimum Gasteiger partial charge on any atom is -0.309 e. The van der Waals surface area contributed by atoms with E-state index in [-0.39, 0.29) is 17.5 Å². The minimum absolute atomic E-state index is 0.0629. The van der Waals surface area contributed by atoms with Crippen LogP contribution in [0.5, 0.6) is 0 Å². The quantitative estimate of drug-likeness (QED) is 0.692. The molecular weight excluding hydrogens is 269 g/mol. The average molecular weight is 285 g/mol. The zero-order valence-electron chi connectivity index (χ0n) is 11.8. The highest BCUT2D eigenvalue weighted by molar-refractivity contribution is 5.75. The molecule has 4 nitrogen and oxygen atoms in total. The van der Waals surface area contributed by atoms with Gasteiger partial charge >= 0.3 is 5.69 Å². The molecule has 0 fully saturated rings. The van der Waals surface area contributed by atoms with Gasteiger partial charge in [-0.05, 0) is 48.9 Å². The molecule has 1 aromatic heterocycles. The molecule has 2 aromatic carbocycles. The van der Waals surface area contributed by atoms with E-state index in [4.69, 9.17) is 0 Å². The fourth-order valence-corrected chi connectivity index (χ4v) is 2.60. The third-order valence-electron chi connectivity index (χ3n) is 3.68. The van der Waals surface area contributed by atoms with Gasteiger partial charge in [-0.15, -0.1) is 0 Å². The molecule has 0 spiro atoms. The number of aromatic nitrogens is 2. The van der Waals surface area contributed by atoms with Gasteiger partial charge in [0.05, 0.1) is 17.1 Å². The van der Waals surface area contributed by atoms with Gasteiger partial charge in [-0.3, -0.25) is 0 Å². The molecule has 0 aliphatic rings. The number of fused-ring (bicyclic) bond motifs is 1. The van der Waals surface area contributed by atoms with Crippen molar-refractivity contribution in [1.82, 2.24) is 15.3 Å². The summed E-state index contributed by atoms with van der Waals surface area (Å²) in [6.07, 6.45) is 0. The van der Waals surface area contributed by atoms with Crippen molar-refractivity contribution < 1.29 is 4.39 Å². The van der Waals surface area contributed by atoms with Crippen molar-refractivity contribution >= 4 is 11.0 Å². The summed E-state index contributed by atoms with van der Waals surface area (Å²) in [5.74, 6) is -0.209. The van der Waals surface area contributed by atoms with Gasteiger partial charge in [-0.25, -0.2) is 9.18 Å². The maximum atomic E-state index is 13.4. The number of hydrogen-bond acceptors (Lipinski definition) is 2. The molecule has 108 valence electrons. The molecule has 1 unspecified atom stereocenters. The Morgan fingerprint density at radius 3 is 2.43 bits per heavy atom.